The Morgan fingerprint density at radius 3 is 0.973 bits per heavy atom. The maximum absolute atomic E-state index is 12.4. The summed E-state index contributed by atoms with van der Waals surface area (Å²) in [5.74, 6) is -0.0133. The number of rotatable bonds is 63. The molecule has 0 saturated carbocycles. The summed E-state index contributed by atoms with van der Waals surface area (Å²) < 4.78 is 5.51. The van der Waals surface area contributed by atoms with Crippen LogP contribution in [0.25, 0.3) is 0 Å². The Labute approximate surface area is 457 Å². The number of allylic oxidation sites excluding steroid dienone is 2. The third-order valence-corrected chi connectivity index (χ3v) is 15.8. The van der Waals surface area contributed by atoms with Gasteiger partial charge in [0.05, 0.1) is 25.4 Å². The number of nitrogens with one attached hydrogen (secondary N) is 1. The zero-order valence-corrected chi connectivity index (χ0v) is 49.6. The van der Waals surface area contributed by atoms with Crippen molar-refractivity contribution in [1.82, 2.24) is 5.32 Å². The number of aliphatic hydroxyl groups is 2. The molecule has 0 saturated heterocycles. The summed E-state index contributed by atoms with van der Waals surface area (Å²) >= 11 is 0. The van der Waals surface area contributed by atoms with Crippen LogP contribution in [0.3, 0.4) is 0 Å². The van der Waals surface area contributed by atoms with Gasteiger partial charge in [-0.15, -0.1) is 0 Å². The van der Waals surface area contributed by atoms with E-state index in [2.05, 4.69) is 31.3 Å². The molecule has 0 bridgehead atoms. The summed E-state index contributed by atoms with van der Waals surface area (Å²) in [4.78, 5) is 24.5. The van der Waals surface area contributed by atoms with Crippen molar-refractivity contribution in [2.45, 2.75) is 392 Å². The van der Waals surface area contributed by atoms with E-state index in [9.17, 15) is 19.8 Å². The van der Waals surface area contributed by atoms with E-state index in [1.807, 2.05) is 0 Å². The number of aliphatic hydroxyl groups excluding tert-OH is 2. The van der Waals surface area contributed by atoms with E-state index in [4.69, 9.17) is 4.74 Å². The van der Waals surface area contributed by atoms with Crippen LogP contribution >= 0.6 is 0 Å². The second-order valence-electron chi connectivity index (χ2n) is 23.2. The minimum atomic E-state index is -0.659. The van der Waals surface area contributed by atoms with Gasteiger partial charge in [0.25, 0.3) is 0 Å². The van der Waals surface area contributed by atoms with Gasteiger partial charge in [0.2, 0.25) is 5.91 Å². The highest BCUT2D eigenvalue weighted by Crippen LogP contribution is 2.19. The van der Waals surface area contributed by atoms with Crippen molar-refractivity contribution in [2.75, 3.05) is 13.2 Å². The highest BCUT2D eigenvalue weighted by Gasteiger charge is 2.20. The summed E-state index contributed by atoms with van der Waals surface area (Å²) in [6.07, 6.45) is 76.9. The largest absolute Gasteiger partial charge is 0.466 e. The first-order valence-electron chi connectivity index (χ1n) is 33.4. The van der Waals surface area contributed by atoms with Gasteiger partial charge in [-0.3, -0.25) is 9.59 Å². The number of ether oxygens (including phenoxy) is 1. The summed E-state index contributed by atoms with van der Waals surface area (Å²) in [6.45, 7) is 4.96. The van der Waals surface area contributed by atoms with Crippen LogP contribution in [0.5, 0.6) is 0 Å². The normalized spacial score (nSPS) is 12.5. The zero-order chi connectivity index (χ0) is 52.9. The van der Waals surface area contributed by atoms with Crippen LogP contribution < -0.4 is 5.32 Å². The molecule has 0 radical (unpaired) electrons. The molecule has 0 aromatic carbocycles. The van der Waals surface area contributed by atoms with E-state index in [1.165, 1.54) is 308 Å². The van der Waals surface area contributed by atoms with Gasteiger partial charge < -0.3 is 20.3 Å². The van der Waals surface area contributed by atoms with Gasteiger partial charge in [-0.2, -0.15) is 0 Å². The van der Waals surface area contributed by atoms with Gasteiger partial charge in [-0.05, 0) is 51.4 Å². The summed E-state index contributed by atoms with van der Waals surface area (Å²) in [6, 6.07) is -0.536. The lowest BCUT2D eigenvalue weighted by atomic mass is 10.0. The molecule has 0 rings (SSSR count). The first kappa shape index (κ1) is 71.6. The van der Waals surface area contributed by atoms with Crippen molar-refractivity contribution in [1.29, 1.82) is 0 Å². The molecule has 0 aliphatic carbocycles. The Kier molecular flexibility index (Phi) is 61.9. The fourth-order valence-corrected chi connectivity index (χ4v) is 10.7. The Bertz CT molecular complexity index is 1100. The Balaban J connectivity index is 3.29. The lowest BCUT2D eigenvalue weighted by Gasteiger charge is -2.22. The molecular formula is C67H131NO5. The van der Waals surface area contributed by atoms with Crippen LogP contribution in [0, 0.1) is 0 Å². The maximum Gasteiger partial charge on any atom is 0.305 e. The predicted octanol–water partition coefficient (Wildman–Crippen LogP) is 21.2. The lowest BCUT2D eigenvalue weighted by molar-refractivity contribution is -0.143. The van der Waals surface area contributed by atoms with Gasteiger partial charge in [0.15, 0.2) is 0 Å². The average Bonchev–Trinajstić information content (AvgIpc) is 3.39. The van der Waals surface area contributed by atoms with E-state index < -0.39 is 12.1 Å². The minimum absolute atomic E-state index is 0.0191. The van der Waals surface area contributed by atoms with Crippen LogP contribution in [-0.2, 0) is 14.3 Å². The monoisotopic (exact) mass is 1030 g/mol. The molecule has 6 nitrogen and oxygen atoms in total. The number of amides is 1. The van der Waals surface area contributed by atoms with E-state index in [0.717, 1.165) is 38.5 Å². The molecule has 2 unspecified atom stereocenters. The van der Waals surface area contributed by atoms with Gasteiger partial charge >= 0.3 is 5.97 Å². The van der Waals surface area contributed by atoms with E-state index in [0.29, 0.717) is 25.9 Å². The molecule has 434 valence electrons. The Hall–Kier alpha value is -1.40. The number of hydrogen-bond acceptors (Lipinski definition) is 5. The van der Waals surface area contributed by atoms with Gasteiger partial charge in [-0.25, -0.2) is 0 Å². The van der Waals surface area contributed by atoms with Gasteiger partial charge in [0, 0.05) is 12.8 Å². The van der Waals surface area contributed by atoms with Gasteiger partial charge in [-0.1, -0.05) is 328 Å². The van der Waals surface area contributed by atoms with Crippen molar-refractivity contribution >= 4 is 11.9 Å². The second kappa shape index (κ2) is 63.1. The number of carbonyl (C=O) groups is 2. The van der Waals surface area contributed by atoms with Crippen molar-refractivity contribution in [3.05, 3.63) is 12.2 Å². The summed E-state index contributed by atoms with van der Waals surface area (Å²) in [5.41, 5.74) is 0. The standard InChI is InChI=1S/C67H131NO5/c1-3-5-7-9-11-13-14-15-16-17-28-32-35-38-41-45-49-53-57-61-67(72)73-62-58-54-50-46-42-39-36-33-30-27-25-23-21-19-18-20-22-24-26-29-31-34-37-40-44-48-52-56-60-66(71)68-64(63-69)65(70)59-55-51-47-43-12-10-8-6-4-2/h15-16,64-65,69-70H,3-14,17-63H2,1-2H3,(H,68,71)/b16-15-. The SMILES string of the molecule is CCCCCCCC/C=C\CCCCCCCCCCCC(=O)OCCCCCCCCCCCCCCCCCCCCCCCCCCCCCCC(=O)NC(CO)C(O)CCCCCCCCCCC. The Morgan fingerprint density at radius 2 is 0.644 bits per heavy atom. The summed E-state index contributed by atoms with van der Waals surface area (Å²) in [5, 5.41) is 23.1. The van der Waals surface area contributed by atoms with Crippen LogP contribution in [0.1, 0.15) is 380 Å². The maximum atomic E-state index is 12.4. The highest BCUT2D eigenvalue weighted by atomic mass is 16.5. The van der Waals surface area contributed by atoms with Crippen LogP contribution in [0.15, 0.2) is 12.2 Å². The molecule has 0 heterocycles. The zero-order valence-electron chi connectivity index (χ0n) is 49.6. The third-order valence-electron chi connectivity index (χ3n) is 15.8. The molecule has 0 aromatic rings. The molecule has 0 spiro atoms. The predicted molar refractivity (Wildman–Crippen MR) is 320 cm³/mol. The van der Waals surface area contributed by atoms with Crippen molar-refractivity contribution in [3.8, 4) is 0 Å². The van der Waals surface area contributed by atoms with E-state index in [1.54, 1.807) is 0 Å². The quantitative estimate of drug-likeness (QED) is 0.0320. The smallest absolute Gasteiger partial charge is 0.305 e. The average molecular weight is 1030 g/mol. The van der Waals surface area contributed by atoms with Crippen molar-refractivity contribution < 1.29 is 24.5 Å². The number of unbranched alkanes of at least 4 members (excludes halogenated alkanes) is 50. The number of esters is 1. The van der Waals surface area contributed by atoms with E-state index >= 15 is 0 Å². The minimum Gasteiger partial charge on any atom is -0.466 e. The molecule has 3 N–H and O–H groups in total. The van der Waals surface area contributed by atoms with Crippen molar-refractivity contribution in [3.63, 3.8) is 0 Å². The molecule has 73 heavy (non-hydrogen) atoms. The molecule has 0 aliphatic rings. The van der Waals surface area contributed by atoms with Crippen LogP contribution in [-0.4, -0.2) is 47.4 Å². The first-order chi connectivity index (χ1) is 36.0. The molecule has 0 fully saturated rings. The third kappa shape index (κ3) is 59.7. The lowest BCUT2D eigenvalue weighted by Crippen LogP contribution is -2.45. The fourth-order valence-electron chi connectivity index (χ4n) is 10.7. The van der Waals surface area contributed by atoms with E-state index in [-0.39, 0.29) is 18.5 Å². The second-order valence-corrected chi connectivity index (χ2v) is 23.2. The van der Waals surface area contributed by atoms with Crippen LogP contribution in [0.4, 0.5) is 0 Å². The van der Waals surface area contributed by atoms with Crippen molar-refractivity contribution in [2.24, 2.45) is 0 Å². The molecule has 0 aliphatic heterocycles. The molecule has 2 atom stereocenters. The molecule has 1 amide bonds. The molecule has 0 aromatic heterocycles. The Morgan fingerprint density at radius 1 is 0.370 bits per heavy atom. The fraction of sp³-hybridized carbons (Fsp3) is 0.940. The topological polar surface area (TPSA) is 95.9 Å². The number of carbonyl (C=O) groups excluding carboxylic acids is 2. The summed E-state index contributed by atoms with van der Waals surface area (Å²) in [7, 11) is 0. The number of hydrogen-bond donors (Lipinski definition) is 3. The molecular weight excluding hydrogens is 899 g/mol. The van der Waals surface area contributed by atoms with Gasteiger partial charge in [0.1, 0.15) is 0 Å². The highest BCUT2D eigenvalue weighted by molar-refractivity contribution is 5.76. The van der Waals surface area contributed by atoms with Crippen LogP contribution in [0.2, 0.25) is 0 Å². The first-order valence-corrected chi connectivity index (χ1v) is 33.4. The molecule has 6 heteroatoms.